The molecule has 2 aliphatic rings. The molecule has 0 spiro atoms. The van der Waals surface area contributed by atoms with Gasteiger partial charge in [0.2, 0.25) is 0 Å². The molecule has 5 nitrogen and oxygen atoms in total. The molecule has 0 unspecified atom stereocenters. The number of morpholine rings is 1. The van der Waals surface area contributed by atoms with Crippen LogP contribution in [0.25, 0.3) is 0 Å². The van der Waals surface area contributed by atoms with E-state index in [1.54, 1.807) is 0 Å². The monoisotopic (exact) mass is 346 g/mol. The van der Waals surface area contributed by atoms with Gasteiger partial charge < -0.3 is 20.7 Å². The van der Waals surface area contributed by atoms with Crippen molar-refractivity contribution in [1.82, 2.24) is 4.98 Å². The number of hydrogen-bond acceptors (Lipinski definition) is 5. The molecule has 1 saturated carbocycles. The molecule has 0 bridgehead atoms. The van der Waals surface area contributed by atoms with E-state index in [0.717, 1.165) is 56.0 Å². The molecule has 3 rings (SSSR count). The zero-order valence-corrected chi connectivity index (χ0v) is 16.4. The summed E-state index contributed by atoms with van der Waals surface area (Å²) in [6, 6.07) is 5.23. The summed E-state index contributed by atoms with van der Waals surface area (Å²) in [6.45, 7) is 12.4. The first-order valence-electron chi connectivity index (χ1n) is 9.58. The van der Waals surface area contributed by atoms with Crippen molar-refractivity contribution in [3.05, 3.63) is 17.8 Å². The molecule has 5 heteroatoms. The fourth-order valence-electron chi connectivity index (χ4n) is 4.31. The number of rotatable bonds is 3. The first-order valence-corrected chi connectivity index (χ1v) is 9.58. The lowest BCUT2D eigenvalue weighted by molar-refractivity contribution is -0.133. The lowest BCUT2D eigenvalue weighted by Gasteiger charge is -2.47. The maximum absolute atomic E-state index is 6.18. The Hall–Kier alpha value is -1.33. The number of anilines is 2. The van der Waals surface area contributed by atoms with Crippen molar-refractivity contribution in [3.8, 4) is 0 Å². The minimum absolute atomic E-state index is 0.172. The highest BCUT2D eigenvalue weighted by atomic mass is 16.5. The van der Waals surface area contributed by atoms with Gasteiger partial charge in [-0.25, -0.2) is 4.98 Å². The van der Waals surface area contributed by atoms with E-state index in [4.69, 9.17) is 15.5 Å². The maximum atomic E-state index is 6.18. The zero-order chi connectivity index (χ0) is 18.2. The van der Waals surface area contributed by atoms with Gasteiger partial charge in [0.05, 0.1) is 22.6 Å². The normalized spacial score (nSPS) is 28.6. The average molecular weight is 347 g/mol. The highest BCUT2D eigenvalue weighted by Gasteiger charge is 2.38. The standard InChI is InChI=1S/C20H34N4O/c1-14-17(23-16-8-6-15(21)7-9-16)10-11-18(22-14)24-12-19(2,3)25-20(4,5)13-24/h10-11,15-16,23H,6-9,12-13,21H2,1-5H3. The number of ether oxygens (including phenoxy) is 1. The van der Waals surface area contributed by atoms with E-state index in [9.17, 15) is 0 Å². The smallest absolute Gasteiger partial charge is 0.129 e. The molecule has 2 heterocycles. The highest BCUT2D eigenvalue weighted by molar-refractivity contribution is 5.54. The van der Waals surface area contributed by atoms with E-state index in [1.807, 2.05) is 0 Å². The molecule has 0 atom stereocenters. The first kappa shape index (κ1) is 18.5. The lowest BCUT2D eigenvalue weighted by atomic mass is 9.91. The van der Waals surface area contributed by atoms with E-state index in [2.05, 4.69) is 57.0 Å². The number of nitrogens with zero attached hydrogens (tertiary/aromatic N) is 2. The van der Waals surface area contributed by atoms with Crippen LogP contribution < -0.4 is 16.0 Å². The number of pyridine rings is 1. The van der Waals surface area contributed by atoms with Gasteiger partial charge in [0, 0.05) is 25.2 Å². The van der Waals surface area contributed by atoms with Gasteiger partial charge in [-0.15, -0.1) is 0 Å². The molecule has 1 aromatic rings. The number of hydrogen-bond donors (Lipinski definition) is 2. The van der Waals surface area contributed by atoms with Gasteiger partial charge in [0.1, 0.15) is 5.82 Å². The molecule has 0 aromatic carbocycles. The van der Waals surface area contributed by atoms with Crippen molar-refractivity contribution >= 4 is 11.5 Å². The zero-order valence-electron chi connectivity index (χ0n) is 16.4. The van der Waals surface area contributed by atoms with Gasteiger partial charge in [-0.2, -0.15) is 0 Å². The first-order chi connectivity index (χ1) is 11.6. The summed E-state index contributed by atoms with van der Waals surface area (Å²) in [7, 11) is 0. The minimum Gasteiger partial charge on any atom is -0.381 e. The predicted octanol–water partition coefficient (Wildman–Crippen LogP) is 3.47. The Morgan fingerprint density at radius 2 is 1.68 bits per heavy atom. The van der Waals surface area contributed by atoms with Crippen LogP contribution in [0.15, 0.2) is 12.1 Å². The van der Waals surface area contributed by atoms with Gasteiger partial charge in [-0.3, -0.25) is 0 Å². The van der Waals surface area contributed by atoms with Crippen LogP contribution in [0.2, 0.25) is 0 Å². The van der Waals surface area contributed by atoms with E-state index >= 15 is 0 Å². The molecule has 2 fully saturated rings. The third-order valence-electron chi connectivity index (χ3n) is 5.22. The molecule has 0 amide bonds. The van der Waals surface area contributed by atoms with Crippen LogP contribution in [0.4, 0.5) is 11.5 Å². The Morgan fingerprint density at radius 1 is 1.08 bits per heavy atom. The summed E-state index contributed by atoms with van der Waals surface area (Å²) in [4.78, 5) is 7.24. The van der Waals surface area contributed by atoms with Crippen LogP contribution in [0, 0.1) is 6.92 Å². The fourth-order valence-corrected chi connectivity index (χ4v) is 4.31. The SMILES string of the molecule is Cc1nc(N2CC(C)(C)OC(C)(C)C2)ccc1NC1CCC(N)CC1. The Balaban J connectivity index is 1.71. The second kappa shape index (κ2) is 6.76. The molecule has 1 aromatic heterocycles. The van der Waals surface area contributed by atoms with Gasteiger partial charge in [-0.1, -0.05) is 0 Å². The Labute approximate surface area is 152 Å². The maximum Gasteiger partial charge on any atom is 0.129 e. The topological polar surface area (TPSA) is 63.4 Å². The van der Waals surface area contributed by atoms with E-state index in [0.29, 0.717) is 12.1 Å². The molecule has 1 saturated heterocycles. The van der Waals surface area contributed by atoms with Crippen molar-refractivity contribution in [3.63, 3.8) is 0 Å². The van der Waals surface area contributed by atoms with Crippen molar-refractivity contribution in [1.29, 1.82) is 0 Å². The van der Waals surface area contributed by atoms with Crippen molar-refractivity contribution in [2.75, 3.05) is 23.3 Å². The fraction of sp³-hybridized carbons (Fsp3) is 0.750. The van der Waals surface area contributed by atoms with Crippen LogP contribution in [0.5, 0.6) is 0 Å². The Morgan fingerprint density at radius 3 is 2.24 bits per heavy atom. The molecule has 3 N–H and O–H groups in total. The van der Waals surface area contributed by atoms with Crippen LogP contribution in [0.3, 0.4) is 0 Å². The van der Waals surface area contributed by atoms with Crippen molar-refractivity contribution in [2.24, 2.45) is 5.73 Å². The van der Waals surface area contributed by atoms with Crippen LogP contribution in [-0.4, -0.2) is 41.4 Å². The molecular formula is C20H34N4O. The number of aromatic nitrogens is 1. The van der Waals surface area contributed by atoms with E-state index < -0.39 is 0 Å². The number of aryl methyl sites for hydroxylation is 1. The van der Waals surface area contributed by atoms with E-state index in [-0.39, 0.29) is 11.2 Å². The summed E-state index contributed by atoms with van der Waals surface area (Å²) in [5.41, 5.74) is 7.88. The van der Waals surface area contributed by atoms with Crippen LogP contribution in [0.1, 0.15) is 59.1 Å². The average Bonchev–Trinajstić information content (AvgIpc) is 2.48. The number of nitrogens with one attached hydrogen (secondary N) is 1. The van der Waals surface area contributed by atoms with Gasteiger partial charge in [0.15, 0.2) is 0 Å². The predicted molar refractivity (Wildman–Crippen MR) is 104 cm³/mol. The van der Waals surface area contributed by atoms with Gasteiger partial charge >= 0.3 is 0 Å². The van der Waals surface area contributed by atoms with Gasteiger partial charge in [-0.05, 0) is 72.4 Å². The molecule has 1 aliphatic carbocycles. The summed E-state index contributed by atoms with van der Waals surface area (Å²) >= 11 is 0. The molecule has 140 valence electrons. The minimum atomic E-state index is -0.172. The van der Waals surface area contributed by atoms with Gasteiger partial charge in [0.25, 0.3) is 0 Å². The second-order valence-electron chi connectivity index (χ2n) is 9.04. The molecule has 25 heavy (non-hydrogen) atoms. The summed E-state index contributed by atoms with van der Waals surface area (Å²) < 4.78 is 6.18. The number of nitrogens with two attached hydrogens (primary N) is 1. The Bertz CT molecular complexity index is 590. The summed E-state index contributed by atoms with van der Waals surface area (Å²) in [5.74, 6) is 1.04. The third kappa shape index (κ3) is 4.64. The summed E-state index contributed by atoms with van der Waals surface area (Å²) in [6.07, 6.45) is 4.52. The highest BCUT2D eigenvalue weighted by Crippen LogP contribution is 2.32. The molecule has 1 aliphatic heterocycles. The van der Waals surface area contributed by atoms with Crippen LogP contribution in [-0.2, 0) is 4.74 Å². The third-order valence-corrected chi connectivity index (χ3v) is 5.22. The molecular weight excluding hydrogens is 312 g/mol. The quantitative estimate of drug-likeness (QED) is 0.877. The van der Waals surface area contributed by atoms with E-state index in [1.165, 1.54) is 0 Å². The largest absolute Gasteiger partial charge is 0.381 e. The van der Waals surface area contributed by atoms with Crippen LogP contribution >= 0.6 is 0 Å². The summed E-state index contributed by atoms with van der Waals surface area (Å²) in [5, 5.41) is 3.67. The second-order valence-corrected chi connectivity index (χ2v) is 9.04. The Kier molecular flexibility index (Phi) is 5.00. The van der Waals surface area contributed by atoms with Crippen molar-refractivity contribution < 1.29 is 4.74 Å². The lowest BCUT2D eigenvalue weighted by Crippen LogP contribution is -2.57. The van der Waals surface area contributed by atoms with Crippen molar-refractivity contribution in [2.45, 2.75) is 83.6 Å². The molecule has 0 radical (unpaired) electrons.